The second-order valence-electron chi connectivity index (χ2n) is 7.19. The number of ether oxygens (including phenoxy) is 2. The van der Waals surface area contributed by atoms with Gasteiger partial charge in [0.15, 0.2) is 6.61 Å². The zero-order valence-electron chi connectivity index (χ0n) is 17.5. The first kappa shape index (κ1) is 21.3. The standard InChI is InChI=1S/C24H24N4O4/c29-23(28-13-15-31-16-14-28)18-32-22-9-3-19(4-10-22)17-25-26-24(30)20-5-7-21(8-6-20)27-11-1-2-12-27/h1-12,17H,13-16,18H2,(H,26,30)/b25-17+. The van der Waals surface area contributed by atoms with Gasteiger partial charge in [-0.15, -0.1) is 0 Å². The van der Waals surface area contributed by atoms with E-state index < -0.39 is 0 Å². The summed E-state index contributed by atoms with van der Waals surface area (Å²) in [5, 5.41) is 4.01. The summed E-state index contributed by atoms with van der Waals surface area (Å²) in [7, 11) is 0. The molecule has 3 aromatic rings. The molecule has 1 aliphatic rings. The van der Waals surface area contributed by atoms with Crippen molar-refractivity contribution in [2.45, 2.75) is 0 Å². The molecule has 2 amide bonds. The van der Waals surface area contributed by atoms with Gasteiger partial charge in [-0.05, 0) is 66.2 Å². The molecule has 32 heavy (non-hydrogen) atoms. The van der Waals surface area contributed by atoms with E-state index in [9.17, 15) is 9.59 Å². The van der Waals surface area contributed by atoms with E-state index in [1.807, 2.05) is 41.2 Å². The third-order valence-electron chi connectivity index (χ3n) is 5.02. The number of benzene rings is 2. The van der Waals surface area contributed by atoms with Crippen LogP contribution < -0.4 is 10.2 Å². The zero-order chi connectivity index (χ0) is 22.2. The molecule has 1 saturated heterocycles. The summed E-state index contributed by atoms with van der Waals surface area (Å²) in [6.07, 6.45) is 5.43. The van der Waals surface area contributed by atoms with Gasteiger partial charge in [0.2, 0.25) is 0 Å². The number of nitrogens with one attached hydrogen (secondary N) is 1. The van der Waals surface area contributed by atoms with Crippen LogP contribution in [0.25, 0.3) is 5.69 Å². The van der Waals surface area contributed by atoms with Crippen molar-refractivity contribution < 1.29 is 19.1 Å². The Bertz CT molecular complexity index is 1050. The molecule has 0 radical (unpaired) electrons. The van der Waals surface area contributed by atoms with E-state index in [2.05, 4.69) is 10.5 Å². The fraction of sp³-hybridized carbons (Fsp3) is 0.208. The molecule has 2 heterocycles. The molecule has 0 atom stereocenters. The van der Waals surface area contributed by atoms with Crippen molar-refractivity contribution in [1.82, 2.24) is 14.9 Å². The van der Waals surface area contributed by atoms with Crippen LogP contribution in [0.5, 0.6) is 5.75 Å². The monoisotopic (exact) mass is 432 g/mol. The van der Waals surface area contributed by atoms with Crippen molar-refractivity contribution in [3.05, 3.63) is 84.2 Å². The molecule has 4 rings (SSSR count). The molecule has 0 saturated carbocycles. The molecular weight excluding hydrogens is 408 g/mol. The lowest BCUT2D eigenvalue weighted by Gasteiger charge is -2.26. The number of carbonyl (C=O) groups is 2. The molecule has 0 unspecified atom stereocenters. The summed E-state index contributed by atoms with van der Waals surface area (Å²) in [5.41, 5.74) is 4.81. The van der Waals surface area contributed by atoms with Crippen molar-refractivity contribution in [3.8, 4) is 11.4 Å². The quantitative estimate of drug-likeness (QED) is 0.459. The molecule has 1 N–H and O–H groups in total. The van der Waals surface area contributed by atoms with E-state index in [1.165, 1.54) is 0 Å². The lowest BCUT2D eigenvalue weighted by atomic mass is 10.2. The Morgan fingerprint density at radius 1 is 1.00 bits per heavy atom. The third kappa shape index (κ3) is 5.61. The maximum Gasteiger partial charge on any atom is 0.271 e. The fourth-order valence-corrected chi connectivity index (χ4v) is 3.22. The van der Waals surface area contributed by atoms with Gasteiger partial charge in [-0.3, -0.25) is 9.59 Å². The maximum absolute atomic E-state index is 12.3. The van der Waals surface area contributed by atoms with Gasteiger partial charge < -0.3 is 18.9 Å². The van der Waals surface area contributed by atoms with Crippen molar-refractivity contribution in [1.29, 1.82) is 0 Å². The van der Waals surface area contributed by atoms with Crippen molar-refractivity contribution in [2.75, 3.05) is 32.9 Å². The fourth-order valence-electron chi connectivity index (χ4n) is 3.22. The minimum Gasteiger partial charge on any atom is -0.484 e. The Hall–Kier alpha value is -3.91. The number of nitrogens with zero attached hydrogens (tertiary/aromatic N) is 3. The van der Waals surface area contributed by atoms with Crippen molar-refractivity contribution >= 4 is 18.0 Å². The second-order valence-corrected chi connectivity index (χ2v) is 7.19. The summed E-state index contributed by atoms with van der Waals surface area (Å²) in [6.45, 7) is 2.32. The summed E-state index contributed by atoms with van der Waals surface area (Å²) < 4.78 is 12.8. The van der Waals surface area contributed by atoms with Gasteiger partial charge in [-0.2, -0.15) is 5.10 Å². The number of hydrazone groups is 1. The van der Waals surface area contributed by atoms with E-state index in [1.54, 1.807) is 47.5 Å². The zero-order valence-corrected chi connectivity index (χ0v) is 17.5. The molecule has 8 nitrogen and oxygen atoms in total. The van der Waals surface area contributed by atoms with Crippen LogP contribution in [0, 0.1) is 0 Å². The third-order valence-corrected chi connectivity index (χ3v) is 5.02. The van der Waals surface area contributed by atoms with Gasteiger partial charge in [0.1, 0.15) is 5.75 Å². The van der Waals surface area contributed by atoms with Crippen LogP contribution in [0.15, 0.2) is 78.2 Å². The summed E-state index contributed by atoms with van der Waals surface area (Å²) in [6, 6.07) is 18.3. The van der Waals surface area contributed by atoms with Crippen LogP contribution in [-0.4, -0.2) is 60.4 Å². The first-order valence-electron chi connectivity index (χ1n) is 10.3. The van der Waals surface area contributed by atoms with E-state index in [4.69, 9.17) is 9.47 Å². The number of morpholine rings is 1. The average molecular weight is 432 g/mol. The van der Waals surface area contributed by atoms with Gasteiger partial charge in [-0.1, -0.05) is 0 Å². The van der Waals surface area contributed by atoms with Gasteiger partial charge >= 0.3 is 0 Å². The highest BCUT2D eigenvalue weighted by Crippen LogP contribution is 2.12. The van der Waals surface area contributed by atoms with Crippen LogP contribution in [0.4, 0.5) is 0 Å². The molecule has 8 heteroatoms. The number of rotatable bonds is 7. The summed E-state index contributed by atoms with van der Waals surface area (Å²) in [5.74, 6) is 0.250. The predicted octanol–water partition coefficient (Wildman–Crippen LogP) is 2.48. The molecular formula is C24H24N4O4. The molecule has 1 aromatic heterocycles. The molecule has 2 aromatic carbocycles. The predicted molar refractivity (Wildman–Crippen MR) is 120 cm³/mol. The SMILES string of the molecule is O=C(N/N=C/c1ccc(OCC(=O)N2CCOCC2)cc1)c1ccc(-n2cccc2)cc1. The topological polar surface area (TPSA) is 85.2 Å². The first-order valence-corrected chi connectivity index (χ1v) is 10.3. The first-order chi connectivity index (χ1) is 15.7. The van der Waals surface area contributed by atoms with Gasteiger partial charge in [0.25, 0.3) is 11.8 Å². The summed E-state index contributed by atoms with van der Waals surface area (Å²) in [4.78, 5) is 26.1. The Labute approximate surface area is 186 Å². The highest BCUT2D eigenvalue weighted by Gasteiger charge is 2.17. The van der Waals surface area contributed by atoms with Crippen LogP contribution in [-0.2, 0) is 9.53 Å². The molecule has 0 spiro atoms. The van der Waals surface area contributed by atoms with Crippen LogP contribution >= 0.6 is 0 Å². The Balaban J connectivity index is 1.24. The minimum atomic E-state index is -0.290. The van der Waals surface area contributed by atoms with Crippen LogP contribution in [0.2, 0.25) is 0 Å². The number of hydrogen-bond acceptors (Lipinski definition) is 5. The molecule has 0 bridgehead atoms. The summed E-state index contributed by atoms with van der Waals surface area (Å²) >= 11 is 0. The van der Waals surface area contributed by atoms with Gasteiger partial charge in [0.05, 0.1) is 19.4 Å². The number of carbonyl (C=O) groups excluding carboxylic acids is 2. The maximum atomic E-state index is 12.3. The number of aromatic nitrogens is 1. The molecule has 164 valence electrons. The van der Waals surface area contributed by atoms with Gasteiger partial charge in [0, 0.05) is 36.7 Å². The van der Waals surface area contributed by atoms with E-state index in [0.717, 1.165) is 11.3 Å². The normalized spacial score (nSPS) is 13.8. The molecule has 1 fully saturated rings. The molecule has 0 aliphatic carbocycles. The Morgan fingerprint density at radius 2 is 1.69 bits per heavy atom. The lowest BCUT2D eigenvalue weighted by Crippen LogP contribution is -2.42. The second kappa shape index (κ2) is 10.4. The highest BCUT2D eigenvalue weighted by atomic mass is 16.5. The average Bonchev–Trinajstić information content (AvgIpc) is 3.39. The minimum absolute atomic E-state index is 0.00732. The smallest absolute Gasteiger partial charge is 0.271 e. The van der Waals surface area contributed by atoms with E-state index >= 15 is 0 Å². The van der Waals surface area contributed by atoms with Crippen molar-refractivity contribution in [2.24, 2.45) is 5.10 Å². The van der Waals surface area contributed by atoms with Crippen LogP contribution in [0.3, 0.4) is 0 Å². The van der Waals surface area contributed by atoms with E-state index in [0.29, 0.717) is 37.6 Å². The van der Waals surface area contributed by atoms with Crippen LogP contribution in [0.1, 0.15) is 15.9 Å². The Morgan fingerprint density at radius 3 is 2.38 bits per heavy atom. The largest absolute Gasteiger partial charge is 0.484 e. The lowest BCUT2D eigenvalue weighted by molar-refractivity contribution is -0.137. The van der Waals surface area contributed by atoms with Gasteiger partial charge in [-0.25, -0.2) is 5.43 Å². The number of hydrogen-bond donors (Lipinski definition) is 1. The van der Waals surface area contributed by atoms with E-state index in [-0.39, 0.29) is 18.4 Å². The number of amides is 2. The molecule has 1 aliphatic heterocycles. The Kier molecular flexibility index (Phi) is 6.94. The van der Waals surface area contributed by atoms with Crippen molar-refractivity contribution in [3.63, 3.8) is 0 Å². The highest BCUT2D eigenvalue weighted by molar-refractivity contribution is 5.95.